The largest absolute Gasteiger partial charge is 0.349 e. The lowest BCUT2D eigenvalue weighted by Gasteiger charge is -2.24. The minimum Gasteiger partial charge on any atom is -0.349 e. The minimum absolute atomic E-state index is 0.0153. The molecular weight excluding hydrogens is 274 g/mol. The predicted molar refractivity (Wildman–Crippen MR) is 79.8 cm³/mol. The molecule has 1 N–H and O–H groups in total. The van der Waals surface area contributed by atoms with Crippen molar-refractivity contribution in [2.24, 2.45) is 0 Å². The third kappa shape index (κ3) is 2.70. The molecular formula is C14H21N3O2S. The molecule has 2 amide bonds. The summed E-state index contributed by atoms with van der Waals surface area (Å²) >= 11 is 1.52. The summed E-state index contributed by atoms with van der Waals surface area (Å²) in [7, 11) is 0. The first-order chi connectivity index (χ1) is 9.47. The Hall–Kier alpha value is -1.43. The fourth-order valence-corrected chi connectivity index (χ4v) is 3.35. The van der Waals surface area contributed by atoms with E-state index in [0.29, 0.717) is 0 Å². The highest BCUT2D eigenvalue weighted by atomic mass is 32.1. The molecule has 0 saturated carbocycles. The van der Waals surface area contributed by atoms with Crippen LogP contribution in [0.3, 0.4) is 0 Å². The van der Waals surface area contributed by atoms with E-state index in [1.807, 2.05) is 27.7 Å². The Bertz CT molecular complexity index is 503. The Kier molecular flexibility index (Phi) is 4.42. The van der Waals surface area contributed by atoms with Crippen molar-refractivity contribution in [3.05, 3.63) is 10.6 Å². The first kappa shape index (κ1) is 15.0. The van der Waals surface area contributed by atoms with Crippen LogP contribution < -0.4 is 5.32 Å². The topological polar surface area (TPSA) is 62.3 Å². The first-order valence-electron chi connectivity index (χ1n) is 7.04. The number of hydrogen-bond acceptors (Lipinski definition) is 5. The van der Waals surface area contributed by atoms with E-state index in [1.165, 1.54) is 16.2 Å². The summed E-state index contributed by atoms with van der Waals surface area (Å²) in [5, 5.41) is 3.83. The average Bonchev–Trinajstić information content (AvgIpc) is 2.85. The van der Waals surface area contributed by atoms with Crippen LogP contribution in [0.4, 0.5) is 5.13 Å². The Morgan fingerprint density at radius 3 is 2.50 bits per heavy atom. The molecule has 20 heavy (non-hydrogen) atoms. The molecule has 0 bridgehead atoms. The monoisotopic (exact) mass is 295 g/mol. The van der Waals surface area contributed by atoms with Gasteiger partial charge in [-0.2, -0.15) is 0 Å². The number of nitrogens with zero attached hydrogens (tertiary/aromatic N) is 2. The van der Waals surface area contributed by atoms with E-state index in [0.717, 1.165) is 28.5 Å². The van der Waals surface area contributed by atoms with E-state index >= 15 is 0 Å². The molecule has 0 aromatic carbocycles. The maximum absolute atomic E-state index is 12.4. The Labute approximate surface area is 123 Å². The van der Waals surface area contributed by atoms with Gasteiger partial charge < -0.3 is 5.32 Å². The molecule has 5 nitrogen and oxygen atoms in total. The number of aromatic nitrogens is 1. The van der Waals surface area contributed by atoms with Gasteiger partial charge in [0.25, 0.3) is 5.91 Å². The van der Waals surface area contributed by atoms with Crippen LogP contribution in [0.5, 0.6) is 0 Å². The minimum atomic E-state index is -0.465. The predicted octanol–water partition coefficient (Wildman–Crippen LogP) is 2.49. The summed E-state index contributed by atoms with van der Waals surface area (Å²) in [5.74, 6) is -0.194. The molecule has 0 radical (unpaired) electrons. The van der Waals surface area contributed by atoms with Gasteiger partial charge in [-0.15, -0.1) is 11.3 Å². The number of carbonyl (C=O) groups excluding carboxylic acids is 2. The smallest absolute Gasteiger partial charge is 0.252 e. The van der Waals surface area contributed by atoms with Crippen molar-refractivity contribution in [1.82, 2.24) is 9.88 Å². The van der Waals surface area contributed by atoms with Gasteiger partial charge in [-0.05, 0) is 26.7 Å². The van der Waals surface area contributed by atoms with E-state index in [-0.39, 0.29) is 24.3 Å². The summed E-state index contributed by atoms with van der Waals surface area (Å²) in [6.45, 7) is 7.94. The van der Waals surface area contributed by atoms with Crippen molar-refractivity contribution >= 4 is 28.3 Å². The van der Waals surface area contributed by atoms with Gasteiger partial charge >= 0.3 is 0 Å². The molecule has 0 aliphatic carbocycles. The van der Waals surface area contributed by atoms with Crippen LogP contribution in [0, 0.1) is 13.8 Å². The van der Waals surface area contributed by atoms with Gasteiger partial charge in [-0.1, -0.05) is 13.8 Å². The molecule has 110 valence electrons. The fourth-order valence-electron chi connectivity index (χ4n) is 2.48. The molecule has 1 aliphatic heterocycles. The molecule has 2 heterocycles. The third-order valence-corrected chi connectivity index (χ3v) is 4.82. The highest BCUT2D eigenvalue weighted by Crippen LogP contribution is 2.26. The third-order valence-electron chi connectivity index (χ3n) is 3.82. The van der Waals surface area contributed by atoms with Gasteiger partial charge in [0.2, 0.25) is 5.91 Å². The molecule has 1 aliphatic rings. The second-order valence-corrected chi connectivity index (χ2v) is 6.34. The van der Waals surface area contributed by atoms with E-state index in [4.69, 9.17) is 0 Å². The molecule has 1 fully saturated rings. The quantitative estimate of drug-likeness (QED) is 0.848. The summed E-state index contributed by atoms with van der Waals surface area (Å²) in [6.07, 6.45) is 1.83. The lowest BCUT2D eigenvalue weighted by Crippen LogP contribution is -2.41. The average molecular weight is 295 g/mol. The number of nitrogens with one attached hydrogen (secondary N) is 1. The number of rotatable bonds is 5. The number of aryl methyl sites for hydroxylation is 2. The van der Waals surface area contributed by atoms with Crippen LogP contribution in [-0.2, 0) is 9.59 Å². The molecule has 1 saturated heterocycles. The van der Waals surface area contributed by atoms with Gasteiger partial charge in [-0.25, -0.2) is 4.98 Å². The van der Waals surface area contributed by atoms with Crippen LogP contribution >= 0.6 is 11.3 Å². The maximum atomic E-state index is 12.4. The van der Waals surface area contributed by atoms with Crippen LogP contribution in [0.15, 0.2) is 0 Å². The normalized spacial score (nSPS) is 19.2. The van der Waals surface area contributed by atoms with Crippen molar-refractivity contribution in [2.45, 2.75) is 59.0 Å². The number of anilines is 1. The van der Waals surface area contributed by atoms with Gasteiger partial charge in [0.05, 0.1) is 12.1 Å². The lowest BCUT2D eigenvalue weighted by atomic mass is 10.1. The van der Waals surface area contributed by atoms with Crippen molar-refractivity contribution in [1.29, 1.82) is 0 Å². The first-order valence-corrected chi connectivity index (χ1v) is 7.86. The van der Waals surface area contributed by atoms with Crippen LogP contribution in [-0.4, -0.2) is 33.8 Å². The second-order valence-electron chi connectivity index (χ2n) is 5.13. The molecule has 1 atom stereocenters. The zero-order chi connectivity index (χ0) is 14.9. The molecule has 2 rings (SSSR count). The fraction of sp³-hybridized carbons (Fsp3) is 0.643. The Morgan fingerprint density at radius 2 is 2.00 bits per heavy atom. The van der Waals surface area contributed by atoms with Crippen molar-refractivity contribution in [2.75, 3.05) is 5.32 Å². The molecule has 1 aromatic rings. The maximum Gasteiger partial charge on any atom is 0.252 e. The summed E-state index contributed by atoms with van der Waals surface area (Å²) < 4.78 is 0. The van der Waals surface area contributed by atoms with Crippen molar-refractivity contribution in [3.8, 4) is 0 Å². The van der Waals surface area contributed by atoms with Crippen LogP contribution in [0.25, 0.3) is 0 Å². The molecule has 0 spiro atoms. The molecule has 1 aromatic heterocycles. The zero-order valence-corrected chi connectivity index (χ0v) is 13.2. The highest BCUT2D eigenvalue weighted by Gasteiger charge is 2.41. The number of amides is 2. The van der Waals surface area contributed by atoms with Crippen molar-refractivity contribution in [3.63, 3.8) is 0 Å². The Morgan fingerprint density at radius 1 is 1.35 bits per heavy atom. The molecule has 1 unspecified atom stereocenters. The van der Waals surface area contributed by atoms with Gasteiger partial charge in [-0.3, -0.25) is 14.5 Å². The van der Waals surface area contributed by atoms with E-state index in [1.54, 1.807) is 0 Å². The Balaban J connectivity index is 2.11. The van der Waals surface area contributed by atoms with Gasteiger partial charge in [0.15, 0.2) is 5.13 Å². The molecule has 6 heteroatoms. The summed E-state index contributed by atoms with van der Waals surface area (Å²) in [4.78, 5) is 31.4. The van der Waals surface area contributed by atoms with E-state index in [2.05, 4.69) is 10.3 Å². The number of thiazole rings is 1. The van der Waals surface area contributed by atoms with Crippen molar-refractivity contribution < 1.29 is 9.59 Å². The highest BCUT2D eigenvalue weighted by molar-refractivity contribution is 7.15. The number of imide groups is 1. The van der Waals surface area contributed by atoms with Gasteiger partial charge in [0.1, 0.15) is 6.04 Å². The van der Waals surface area contributed by atoms with Crippen LogP contribution in [0.2, 0.25) is 0 Å². The van der Waals surface area contributed by atoms with Gasteiger partial charge in [0, 0.05) is 10.9 Å². The lowest BCUT2D eigenvalue weighted by molar-refractivity contribution is -0.141. The summed E-state index contributed by atoms with van der Waals surface area (Å²) in [5.41, 5.74) is 0.964. The SMILES string of the molecule is CCC(CC)N1C(=O)CC(Nc2nc(C)c(C)s2)C1=O. The number of likely N-dealkylation sites (tertiary alicyclic amines) is 1. The summed E-state index contributed by atoms with van der Waals surface area (Å²) in [6, 6.07) is -0.449. The second kappa shape index (κ2) is 5.91. The zero-order valence-electron chi connectivity index (χ0n) is 12.4. The standard InChI is InChI=1S/C14H21N3O2S/c1-5-10(6-2)17-12(18)7-11(13(17)19)16-14-15-8(3)9(4)20-14/h10-11H,5-7H2,1-4H3,(H,15,16). The number of carbonyl (C=O) groups is 2. The number of hydrogen-bond donors (Lipinski definition) is 1. The van der Waals surface area contributed by atoms with E-state index < -0.39 is 6.04 Å². The van der Waals surface area contributed by atoms with E-state index in [9.17, 15) is 9.59 Å². The van der Waals surface area contributed by atoms with Crippen LogP contribution in [0.1, 0.15) is 43.7 Å².